The van der Waals surface area contributed by atoms with Crippen LogP contribution in [0.15, 0.2) is 18.2 Å². The van der Waals surface area contributed by atoms with E-state index < -0.39 is 6.43 Å². The van der Waals surface area contributed by atoms with Crippen molar-refractivity contribution in [2.75, 3.05) is 37.2 Å². The van der Waals surface area contributed by atoms with Crippen LogP contribution in [-0.4, -0.2) is 31.1 Å². The number of nitrogens with zero attached hydrogens (tertiary/aromatic N) is 1. The standard InChI is InChI=1S/C15H23F2N3/c16-15(17)13-11-12(18)5-6-14(13)19-7-10-20-8-3-1-2-4-9-20/h5-6,11,15,19H,1-4,7-10,18H2. The summed E-state index contributed by atoms with van der Waals surface area (Å²) in [5.74, 6) is 0. The average molecular weight is 283 g/mol. The molecule has 0 spiro atoms. The van der Waals surface area contributed by atoms with Crippen molar-refractivity contribution in [2.24, 2.45) is 0 Å². The number of hydrogen-bond acceptors (Lipinski definition) is 3. The molecule has 1 aliphatic rings. The molecular weight excluding hydrogens is 260 g/mol. The highest BCUT2D eigenvalue weighted by molar-refractivity contribution is 5.58. The third-order valence-electron chi connectivity index (χ3n) is 3.75. The van der Waals surface area contributed by atoms with Crippen LogP contribution in [0.1, 0.15) is 37.7 Å². The Morgan fingerprint density at radius 3 is 2.50 bits per heavy atom. The lowest BCUT2D eigenvalue weighted by molar-refractivity contribution is 0.152. The second kappa shape index (κ2) is 7.43. The van der Waals surface area contributed by atoms with E-state index in [1.54, 1.807) is 12.1 Å². The molecule has 0 aliphatic carbocycles. The fourth-order valence-corrected chi connectivity index (χ4v) is 2.63. The number of nitrogen functional groups attached to an aromatic ring is 1. The normalized spacial score (nSPS) is 17.1. The largest absolute Gasteiger partial charge is 0.399 e. The van der Waals surface area contributed by atoms with Crippen LogP contribution in [0, 0.1) is 0 Å². The SMILES string of the molecule is Nc1ccc(NCCN2CCCCCC2)c(C(F)F)c1. The van der Waals surface area contributed by atoms with E-state index in [1.807, 2.05) is 0 Å². The Morgan fingerprint density at radius 1 is 1.15 bits per heavy atom. The van der Waals surface area contributed by atoms with E-state index in [0.717, 1.165) is 19.6 Å². The number of alkyl halides is 2. The van der Waals surface area contributed by atoms with Crippen molar-refractivity contribution in [2.45, 2.75) is 32.1 Å². The number of hydrogen-bond donors (Lipinski definition) is 2. The van der Waals surface area contributed by atoms with Gasteiger partial charge >= 0.3 is 0 Å². The van der Waals surface area contributed by atoms with Crippen molar-refractivity contribution in [3.8, 4) is 0 Å². The first kappa shape index (κ1) is 15.0. The molecule has 0 amide bonds. The van der Waals surface area contributed by atoms with Gasteiger partial charge in [0, 0.05) is 30.0 Å². The Morgan fingerprint density at radius 2 is 1.85 bits per heavy atom. The topological polar surface area (TPSA) is 41.3 Å². The molecule has 0 bridgehead atoms. The molecule has 112 valence electrons. The van der Waals surface area contributed by atoms with Crippen molar-refractivity contribution >= 4 is 11.4 Å². The lowest BCUT2D eigenvalue weighted by atomic mass is 10.1. The smallest absolute Gasteiger partial charge is 0.265 e. The van der Waals surface area contributed by atoms with Gasteiger partial charge in [0.2, 0.25) is 0 Å². The number of nitrogens with one attached hydrogen (secondary N) is 1. The summed E-state index contributed by atoms with van der Waals surface area (Å²) < 4.78 is 25.9. The van der Waals surface area contributed by atoms with Gasteiger partial charge in [-0.05, 0) is 44.1 Å². The fraction of sp³-hybridized carbons (Fsp3) is 0.600. The van der Waals surface area contributed by atoms with Crippen molar-refractivity contribution in [3.05, 3.63) is 23.8 Å². The maximum Gasteiger partial charge on any atom is 0.265 e. The molecule has 1 aromatic rings. The first-order chi connectivity index (χ1) is 9.66. The van der Waals surface area contributed by atoms with E-state index in [1.165, 1.54) is 31.7 Å². The molecule has 0 atom stereocenters. The van der Waals surface area contributed by atoms with Gasteiger partial charge in [0.15, 0.2) is 0 Å². The molecule has 1 fully saturated rings. The number of anilines is 2. The Bertz CT molecular complexity index is 416. The van der Waals surface area contributed by atoms with Crippen molar-refractivity contribution in [1.82, 2.24) is 4.90 Å². The van der Waals surface area contributed by atoms with Gasteiger partial charge in [0.25, 0.3) is 6.43 Å². The zero-order valence-electron chi connectivity index (χ0n) is 11.7. The maximum absolute atomic E-state index is 12.9. The molecule has 3 nitrogen and oxygen atoms in total. The minimum absolute atomic E-state index is 0.0131. The van der Waals surface area contributed by atoms with E-state index in [-0.39, 0.29) is 5.56 Å². The highest BCUT2D eigenvalue weighted by Crippen LogP contribution is 2.28. The average Bonchev–Trinajstić information content (AvgIpc) is 2.69. The van der Waals surface area contributed by atoms with Crippen LogP contribution >= 0.6 is 0 Å². The molecular formula is C15H23F2N3. The second-order valence-electron chi connectivity index (χ2n) is 5.33. The molecule has 1 aliphatic heterocycles. The Kier molecular flexibility index (Phi) is 5.59. The van der Waals surface area contributed by atoms with Gasteiger partial charge in [0.05, 0.1) is 0 Å². The molecule has 20 heavy (non-hydrogen) atoms. The van der Waals surface area contributed by atoms with E-state index in [0.29, 0.717) is 17.9 Å². The van der Waals surface area contributed by atoms with E-state index >= 15 is 0 Å². The van der Waals surface area contributed by atoms with Gasteiger partial charge in [-0.3, -0.25) is 0 Å². The second-order valence-corrected chi connectivity index (χ2v) is 5.33. The van der Waals surface area contributed by atoms with Crippen LogP contribution in [0.25, 0.3) is 0 Å². The number of halogens is 2. The van der Waals surface area contributed by atoms with Crippen LogP contribution in [0.5, 0.6) is 0 Å². The van der Waals surface area contributed by atoms with Crippen molar-refractivity contribution in [1.29, 1.82) is 0 Å². The summed E-state index contributed by atoms with van der Waals surface area (Å²) in [6, 6.07) is 4.64. The van der Waals surface area contributed by atoms with Gasteiger partial charge in [0.1, 0.15) is 0 Å². The van der Waals surface area contributed by atoms with Crippen molar-refractivity contribution < 1.29 is 8.78 Å². The van der Waals surface area contributed by atoms with E-state index in [9.17, 15) is 8.78 Å². The third-order valence-corrected chi connectivity index (χ3v) is 3.75. The van der Waals surface area contributed by atoms with Crippen LogP contribution in [0.2, 0.25) is 0 Å². The molecule has 5 heteroatoms. The summed E-state index contributed by atoms with van der Waals surface area (Å²) in [4.78, 5) is 2.40. The highest BCUT2D eigenvalue weighted by atomic mass is 19.3. The van der Waals surface area contributed by atoms with Gasteiger partial charge < -0.3 is 16.0 Å². The highest BCUT2D eigenvalue weighted by Gasteiger charge is 2.14. The van der Waals surface area contributed by atoms with E-state index in [4.69, 9.17) is 5.73 Å². The zero-order chi connectivity index (χ0) is 14.4. The quantitative estimate of drug-likeness (QED) is 0.813. The van der Waals surface area contributed by atoms with Gasteiger partial charge in [-0.2, -0.15) is 0 Å². The summed E-state index contributed by atoms with van der Waals surface area (Å²) in [5.41, 5.74) is 6.41. The number of rotatable bonds is 5. The Labute approximate surface area is 119 Å². The predicted molar refractivity (Wildman–Crippen MR) is 79.2 cm³/mol. The van der Waals surface area contributed by atoms with E-state index in [2.05, 4.69) is 10.2 Å². The molecule has 0 aromatic heterocycles. The van der Waals surface area contributed by atoms with Gasteiger partial charge in [-0.15, -0.1) is 0 Å². The molecule has 2 rings (SSSR count). The third kappa shape index (κ3) is 4.34. The molecule has 1 aromatic carbocycles. The van der Waals surface area contributed by atoms with Crippen LogP contribution in [-0.2, 0) is 0 Å². The molecule has 1 saturated heterocycles. The number of nitrogens with two attached hydrogens (primary N) is 1. The lowest BCUT2D eigenvalue weighted by Crippen LogP contribution is -2.30. The van der Waals surface area contributed by atoms with Gasteiger partial charge in [-0.1, -0.05) is 12.8 Å². The van der Waals surface area contributed by atoms with Gasteiger partial charge in [-0.25, -0.2) is 8.78 Å². The van der Waals surface area contributed by atoms with Crippen LogP contribution in [0.3, 0.4) is 0 Å². The monoisotopic (exact) mass is 283 g/mol. The minimum atomic E-state index is -2.50. The molecule has 0 radical (unpaired) electrons. The summed E-state index contributed by atoms with van der Waals surface area (Å²) >= 11 is 0. The number of benzene rings is 1. The lowest BCUT2D eigenvalue weighted by Gasteiger charge is -2.20. The fourth-order valence-electron chi connectivity index (χ4n) is 2.63. The van der Waals surface area contributed by atoms with Crippen LogP contribution in [0.4, 0.5) is 20.2 Å². The molecule has 3 N–H and O–H groups in total. The summed E-state index contributed by atoms with van der Waals surface area (Å²) in [6.45, 7) is 3.81. The Hall–Kier alpha value is -1.36. The van der Waals surface area contributed by atoms with Crippen LogP contribution < -0.4 is 11.1 Å². The summed E-state index contributed by atoms with van der Waals surface area (Å²) in [7, 11) is 0. The molecule has 0 saturated carbocycles. The summed E-state index contributed by atoms with van der Waals surface area (Å²) in [5, 5.41) is 3.11. The minimum Gasteiger partial charge on any atom is -0.399 e. The predicted octanol–water partition coefficient (Wildman–Crippen LogP) is 3.49. The number of likely N-dealkylation sites (tertiary alicyclic amines) is 1. The maximum atomic E-state index is 12.9. The molecule has 0 unspecified atom stereocenters. The first-order valence-electron chi connectivity index (χ1n) is 7.30. The first-order valence-corrected chi connectivity index (χ1v) is 7.30. The zero-order valence-corrected chi connectivity index (χ0v) is 11.7. The Balaban J connectivity index is 1.87. The summed E-state index contributed by atoms with van der Waals surface area (Å²) in [6.07, 6.45) is 2.59. The molecule has 1 heterocycles. The van der Waals surface area contributed by atoms with Crippen molar-refractivity contribution in [3.63, 3.8) is 0 Å².